The topological polar surface area (TPSA) is 101 Å². The number of hydrogen-bond acceptors (Lipinski definition) is 5. The van der Waals surface area contributed by atoms with E-state index in [1.807, 2.05) is 13.8 Å². The number of carbonyl (C=O) groups excluding carboxylic acids is 1. The van der Waals surface area contributed by atoms with Crippen molar-refractivity contribution in [3.05, 3.63) is 42.2 Å². The summed E-state index contributed by atoms with van der Waals surface area (Å²) in [4.78, 5) is 20.0. The molecule has 1 unspecified atom stereocenters. The first-order valence-corrected chi connectivity index (χ1v) is 8.46. The van der Waals surface area contributed by atoms with E-state index in [0.29, 0.717) is 11.4 Å². The number of nitrogens with zero attached hydrogens (tertiary/aromatic N) is 2. The largest absolute Gasteiger partial charge is 0.390 e. The number of carbonyl (C=O) groups is 1. The zero-order chi connectivity index (χ0) is 18.4. The highest BCUT2D eigenvalue weighted by Crippen LogP contribution is 2.19. The SMILES string of the molecule is CC(CCCC(C)(C)O)Nc1cncc(-c2ccc(C(N)=O)cc2)n1. The first kappa shape index (κ1) is 18.9. The second-order valence-electron chi connectivity index (χ2n) is 6.98. The van der Waals surface area contributed by atoms with Crippen molar-refractivity contribution >= 4 is 11.7 Å². The molecule has 0 fully saturated rings. The first-order valence-electron chi connectivity index (χ1n) is 8.46. The Kier molecular flexibility index (Phi) is 6.09. The number of aliphatic hydroxyl groups is 1. The predicted molar refractivity (Wildman–Crippen MR) is 99.2 cm³/mol. The van der Waals surface area contributed by atoms with Gasteiger partial charge in [-0.2, -0.15) is 0 Å². The van der Waals surface area contributed by atoms with Crippen LogP contribution in [0.3, 0.4) is 0 Å². The van der Waals surface area contributed by atoms with Gasteiger partial charge in [0, 0.05) is 17.2 Å². The van der Waals surface area contributed by atoms with E-state index in [1.54, 1.807) is 36.7 Å². The van der Waals surface area contributed by atoms with Gasteiger partial charge in [0.25, 0.3) is 0 Å². The molecule has 1 aromatic heterocycles. The average Bonchev–Trinajstić information content (AvgIpc) is 2.54. The lowest BCUT2D eigenvalue weighted by atomic mass is 10.00. The van der Waals surface area contributed by atoms with E-state index in [9.17, 15) is 9.90 Å². The van der Waals surface area contributed by atoms with Crippen LogP contribution in [0.1, 0.15) is 50.4 Å². The Morgan fingerprint density at radius 2 is 1.96 bits per heavy atom. The molecular formula is C19H26N4O2. The van der Waals surface area contributed by atoms with E-state index in [4.69, 9.17) is 5.73 Å². The Labute approximate surface area is 148 Å². The molecular weight excluding hydrogens is 316 g/mol. The molecule has 4 N–H and O–H groups in total. The van der Waals surface area contributed by atoms with Gasteiger partial charge in [-0.15, -0.1) is 0 Å². The van der Waals surface area contributed by atoms with Crippen LogP contribution >= 0.6 is 0 Å². The number of nitrogens with one attached hydrogen (secondary N) is 1. The van der Waals surface area contributed by atoms with E-state index >= 15 is 0 Å². The smallest absolute Gasteiger partial charge is 0.248 e. The molecule has 0 aliphatic carbocycles. The third-order valence-electron chi connectivity index (χ3n) is 3.92. The van der Waals surface area contributed by atoms with Crippen LogP contribution in [-0.2, 0) is 0 Å². The molecule has 0 spiro atoms. The summed E-state index contributed by atoms with van der Waals surface area (Å²) in [6.45, 7) is 5.73. The summed E-state index contributed by atoms with van der Waals surface area (Å²) in [5.41, 5.74) is 6.69. The Bertz CT molecular complexity index is 708. The molecule has 1 aromatic carbocycles. The fourth-order valence-electron chi connectivity index (χ4n) is 2.55. The number of rotatable bonds is 8. The molecule has 1 amide bonds. The van der Waals surface area contributed by atoms with E-state index in [2.05, 4.69) is 22.2 Å². The Hall–Kier alpha value is -2.47. The molecule has 2 rings (SSSR count). The monoisotopic (exact) mass is 342 g/mol. The predicted octanol–water partition coefficient (Wildman–Crippen LogP) is 2.98. The van der Waals surface area contributed by atoms with Crippen LogP contribution in [0.5, 0.6) is 0 Å². The summed E-state index contributed by atoms with van der Waals surface area (Å²) >= 11 is 0. The van der Waals surface area contributed by atoms with Crippen molar-refractivity contribution in [2.45, 2.75) is 51.7 Å². The van der Waals surface area contributed by atoms with Gasteiger partial charge in [0.05, 0.1) is 23.7 Å². The molecule has 1 atom stereocenters. The molecule has 1 heterocycles. The number of nitrogens with two attached hydrogens (primary N) is 1. The average molecular weight is 342 g/mol. The molecule has 0 saturated carbocycles. The number of amides is 1. The van der Waals surface area contributed by atoms with Crippen LogP contribution in [0, 0.1) is 0 Å². The molecule has 0 radical (unpaired) electrons. The summed E-state index contributed by atoms with van der Waals surface area (Å²) in [6, 6.07) is 7.20. The van der Waals surface area contributed by atoms with E-state index < -0.39 is 11.5 Å². The lowest BCUT2D eigenvalue weighted by molar-refractivity contribution is 0.0679. The number of hydrogen-bond donors (Lipinski definition) is 3. The summed E-state index contributed by atoms with van der Waals surface area (Å²) in [6.07, 6.45) is 6.00. The van der Waals surface area contributed by atoms with Gasteiger partial charge in [-0.25, -0.2) is 4.98 Å². The molecule has 6 heteroatoms. The lowest BCUT2D eigenvalue weighted by Crippen LogP contribution is -2.21. The van der Waals surface area contributed by atoms with Crippen LogP contribution < -0.4 is 11.1 Å². The molecule has 0 saturated heterocycles. The van der Waals surface area contributed by atoms with Gasteiger partial charge in [-0.3, -0.25) is 9.78 Å². The lowest BCUT2D eigenvalue weighted by Gasteiger charge is -2.19. The molecule has 25 heavy (non-hydrogen) atoms. The van der Waals surface area contributed by atoms with E-state index in [1.165, 1.54) is 0 Å². The zero-order valence-electron chi connectivity index (χ0n) is 15.0. The maximum absolute atomic E-state index is 11.1. The van der Waals surface area contributed by atoms with Crippen molar-refractivity contribution in [2.24, 2.45) is 5.73 Å². The fourth-order valence-corrected chi connectivity index (χ4v) is 2.55. The molecule has 6 nitrogen and oxygen atoms in total. The van der Waals surface area contributed by atoms with Gasteiger partial charge in [-0.1, -0.05) is 12.1 Å². The molecule has 0 aliphatic rings. The van der Waals surface area contributed by atoms with Gasteiger partial charge < -0.3 is 16.2 Å². The third kappa shape index (κ3) is 6.15. The van der Waals surface area contributed by atoms with Crippen LogP contribution in [0.25, 0.3) is 11.3 Å². The first-order chi connectivity index (χ1) is 11.7. The quantitative estimate of drug-likeness (QED) is 0.684. The van der Waals surface area contributed by atoms with Crippen LogP contribution in [0.2, 0.25) is 0 Å². The minimum atomic E-state index is -0.628. The second-order valence-corrected chi connectivity index (χ2v) is 6.98. The van der Waals surface area contributed by atoms with Crippen molar-refractivity contribution in [3.63, 3.8) is 0 Å². The van der Waals surface area contributed by atoms with Gasteiger partial charge in [0.2, 0.25) is 5.91 Å². The van der Waals surface area contributed by atoms with Gasteiger partial charge in [0.1, 0.15) is 5.82 Å². The normalized spacial score (nSPS) is 12.6. The van der Waals surface area contributed by atoms with Gasteiger partial charge >= 0.3 is 0 Å². The zero-order valence-corrected chi connectivity index (χ0v) is 15.0. The maximum atomic E-state index is 11.1. The molecule has 134 valence electrons. The van der Waals surface area contributed by atoms with Crippen LogP contribution in [-0.4, -0.2) is 32.6 Å². The summed E-state index contributed by atoms with van der Waals surface area (Å²) < 4.78 is 0. The van der Waals surface area contributed by atoms with Crippen molar-refractivity contribution in [2.75, 3.05) is 5.32 Å². The highest BCUT2D eigenvalue weighted by atomic mass is 16.3. The highest BCUT2D eigenvalue weighted by Gasteiger charge is 2.13. The summed E-state index contributed by atoms with van der Waals surface area (Å²) in [7, 11) is 0. The Morgan fingerprint density at radius 3 is 2.56 bits per heavy atom. The maximum Gasteiger partial charge on any atom is 0.248 e. The number of primary amides is 1. The molecule has 2 aromatic rings. The summed E-state index contributed by atoms with van der Waals surface area (Å²) in [5.74, 6) is 0.250. The number of benzene rings is 1. The molecule has 0 bridgehead atoms. The minimum Gasteiger partial charge on any atom is -0.390 e. The van der Waals surface area contributed by atoms with Crippen molar-refractivity contribution in [1.29, 1.82) is 0 Å². The number of anilines is 1. The number of aromatic nitrogens is 2. The van der Waals surface area contributed by atoms with Crippen LogP contribution in [0.15, 0.2) is 36.7 Å². The highest BCUT2D eigenvalue weighted by molar-refractivity contribution is 5.93. The van der Waals surface area contributed by atoms with Gasteiger partial charge in [-0.05, 0) is 52.2 Å². The van der Waals surface area contributed by atoms with Gasteiger partial charge in [0.15, 0.2) is 0 Å². The standard InChI is InChI=1S/C19H26N4O2/c1-13(5-4-10-19(2,3)25)22-17-12-21-11-16(23-17)14-6-8-15(9-7-14)18(20)24/h6-9,11-13,25H,4-5,10H2,1-3H3,(H2,20,24)(H,22,23). The van der Waals surface area contributed by atoms with E-state index in [-0.39, 0.29) is 6.04 Å². The molecule has 0 aliphatic heterocycles. The Morgan fingerprint density at radius 1 is 1.28 bits per heavy atom. The van der Waals surface area contributed by atoms with Crippen molar-refractivity contribution in [3.8, 4) is 11.3 Å². The fraction of sp³-hybridized carbons (Fsp3) is 0.421. The minimum absolute atomic E-state index is 0.226. The third-order valence-corrected chi connectivity index (χ3v) is 3.92. The van der Waals surface area contributed by atoms with Crippen LogP contribution in [0.4, 0.5) is 5.82 Å². The Balaban J connectivity index is 1.99. The van der Waals surface area contributed by atoms with Crippen molar-refractivity contribution in [1.82, 2.24) is 9.97 Å². The van der Waals surface area contributed by atoms with E-state index in [0.717, 1.165) is 30.5 Å². The summed E-state index contributed by atoms with van der Waals surface area (Å²) in [5, 5.41) is 13.1. The second kappa shape index (κ2) is 8.07. The van der Waals surface area contributed by atoms with Crippen molar-refractivity contribution < 1.29 is 9.90 Å².